The molecule has 0 bridgehead atoms. The summed E-state index contributed by atoms with van der Waals surface area (Å²) in [6, 6.07) is 12.4. The van der Waals surface area contributed by atoms with E-state index in [9.17, 15) is 13.2 Å². The van der Waals surface area contributed by atoms with Crippen LogP contribution in [0.25, 0.3) is 0 Å². The third-order valence-corrected chi connectivity index (χ3v) is 5.40. The maximum Gasteiger partial charge on any atom is 0.245 e. The van der Waals surface area contributed by atoms with Crippen LogP contribution in [-0.2, 0) is 21.2 Å². The minimum absolute atomic E-state index is 0.321. The van der Waals surface area contributed by atoms with Gasteiger partial charge in [0.2, 0.25) is 15.9 Å². The summed E-state index contributed by atoms with van der Waals surface area (Å²) in [5.74, 6) is -0.411. The van der Waals surface area contributed by atoms with Gasteiger partial charge in [-0.25, -0.2) is 8.42 Å². The van der Waals surface area contributed by atoms with Crippen molar-refractivity contribution in [3.8, 4) is 0 Å². The van der Waals surface area contributed by atoms with Crippen LogP contribution in [0.15, 0.2) is 42.5 Å². The van der Waals surface area contributed by atoms with Crippen LogP contribution >= 0.6 is 11.6 Å². The zero-order valence-corrected chi connectivity index (χ0v) is 16.0. The number of anilines is 2. The van der Waals surface area contributed by atoms with Gasteiger partial charge in [0.25, 0.3) is 0 Å². The maximum absolute atomic E-state index is 12.5. The van der Waals surface area contributed by atoms with Crippen molar-refractivity contribution < 1.29 is 13.2 Å². The summed E-state index contributed by atoms with van der Waals surface area (Å²) >= 11 is 6.09. The molecule has 7 heteroatoms. The number of sulfonamides is 1. The number of benzene rings is 2. The number of nitrogens with one attached hydrogen (secondary N) is 1. The first-order valence-corrected chi connectivity index (χ1v) is 10.1. The predicted octanol–water partition coefficient (Wildman–Crippen LogP) is 3.62. The molecule has 0 spiro atoms. The fourth-order valence-corrected chi connectivity index (χ4v) is 3.59. The molecule has 2 aromatic rings. The highest BCUT2D eigenvalue weighted by Crippen LogP contribution is 2.28. The first kappa shape index (κ1) is 19.3. The van der Waals surface area contributed by atoms with Crippen LogP contribution in [0.1, 0.15) is 18.1 Å². The van der Waals surface area contributed by atoms with Crippen molar-refractivity contribution in [3.63, 3.8) is 0 Å². The monoisotopic (exact) mass is 380 g/mol. The normalized spacial score (nSPS) is 11.2. The van der Waals surface area contributed by atoms with E-state index >= 15 is 0 Å². The Morgan fingerprint density at radius 1 is 1.16 bits per heavy atom. The van der Waals surface area contributed by atoms with Crippen LogP contribution in [0.5, 0.6) is 0 Å². The van der Waals surface area contributed by atoms with Gasteiger partial charge in [-0.15, -0.1) is 0 Å². The molecule has 0 aliphatic heterocycles. The van der Waals surface area contributed by atoms with E-state index in [1.807, 2.05) is 25.1 Å². The van der Waals surface area contributed by atoms with Crippen molar-refractivity contribution >= 4 is 38.9 Å². The summed E-state index contributed by atoms with van der Waals surface area (Å²) in [5, 5.41) is 3.24. The van der Waals surface area contributed by atoms with Gasteiger partial charge in [0, 0.05) is 10.7 Å². The number of nitrogens with zero attached hydrogens (tertiary/aromatic N) is 1. The van der Waals surface area contributed by atoms with Gasteiger partial charge in [-0.3, -0.25) is 9.10 Å². The van der Waals surface area contributed by atoms with Crippen molar-refractivity contribution in [2.75, 3.05) is 22.4 Å². The maximum atomic E-state index is 12.5. The lowest BCUT2D eigenvalue weighted by atomic mass is 10.1. The Morgan fingerprint density at radius 3 is 2.48 bits per heavy atom. The highest BCUT2D eigenvalue weighted by atomic mass is 35.5. The van der Waals surface area contributed by atoms with Gasteiger partial charge < -0.3 is 5.32 Å². The first-order chi connectivity index (χ1) is 11.7. The van der Waals surface area contributed by atoms with Gasteiger partial charge in [0.1, 0.15) is 6.54 Å². The molecule has 0 saturated heterocycles. The molecule has 2 aromatic carbocycles. The van der Waals surface area contributed by atoms with Gasteiger partial charge >= 0.3 is 0 Å². The number of carbonyl (C=O) groups is 1. The van der Waals surface area contributed by atoms with E-state index in [2.05, 4.69) is 5.32 Å². The number of para-hydroxylation sites is 1. The Morgan fingerprint density at radius 2 is 1.84 bits per heavy atom. The minimum Gasteiger partial charge on any atom is -0.324 e. The largest absolute Gasteiger partial charge is 0.324 e. The summed E-state index contributed by atoms with van der Waals surface area (Å²) in [6.45, 7) is 3.39. The van der Waals surface area contributed by atoms with Crippen LogP contribution in [0.2, 0.25) is 5.02 Å². The SMILES string of the molecule is CCc1ccccc1NC(=O)CN(c1cccc(Cl)c1C)S(C)(=O)=O. The molecule has 0 saturated carbocycles. The Hall–Kier alpha value is -2.05. The molecule has 0 radical (unpaired) electrons. The van der Waals surface area contributed by atoms with E-state index in [-0.39, 0.29) is 6.54 Å². The summed E-state index contributed by atoms with van der Waals surface area (Å²) in [6.07, 6.45) is 1.83. The van der Waals surface area contributed by atoms with Crippen LogP contribution < -0.4 is 9.62 Å². The number of hydrogen-bond donors (Lipinski definition) is 1. The van der Waals surface area contributed by atoms with E-state index in [0.29, 0.717) is 22.0 Å². The molecule has 0 fully saturated rings. The van der Waals surface area contributed by atoms with E-state index in [0.717, 1.165) is 22.5 Å². The van der Waals surface area contributed by atoms with Gasteiger partial charge in [-0.2, -0.15) is 0 Å². The molecule has 134 valence electrons. The van der Waals surface area contributed by atoms with Crippen LogP contribution in [0, 0.1) is 6.92 Å². The number of hydrogen-bond acceptors (Lipinski definition) is 3. The van der Waals surface area contributed by atoms with Crippen molar-refractivity contribution in [2.24, 2.45) is 0 Å². The molecule has 2 rings (SSSR count). The second-order valence-electron chi connectivity index (χ2n) is 5.71. The lowest BCUT2D eigenvalue weighted by Gasteiger charge is -2.24. The lowest BCUT2D eigenvalue weighted by Crippen LogP contribution is -2.38. The fourth-order valence-electron chi connectivity index (χ4n) is 2.52. The van der Waals surface area contributed by atoms with Crippen LogP contribution in [-0.4, -0.2) is 27.1 Å². The van der Waals surface area contributed by atoms with Gasteiger partial charge in [-0.05, 0) is 42.7 Å². The fraction of sp³-hybridized carbons (Fsp3) is 0.278. The van der Waals surface area contributed by atoms with Crippen molar-refractivity contribution in [1.29, 1.82) is 0 Å². The topological polar surface area (TPSA) is 66.5 Å². The highest BCUT2D eigenvalue weighted by molar-refractivity contribution is 7.92. The van der Waals surface area contributed by atoms with E-state index in [1.165, 1.54) is 0 Å². The molecule has 0 heterocycles. The van der Waals surface area contributed by atoms with E-state index < -0.39 is 15.9 Å². The molecule has 1 amide bonds. The molecule has 0 aromatic heterocycles. The molecule has 0 atom stereocenters. The Bertz CT molecular complexity index is 882. The third-order valence-electron chi connectivity index (χ3n) is 3.87. The lowest BCUT2D eigenvalue weighted by molar-refractivity contribution is -0.114. The van der Waals surface area contributed by atoms with Crippen molar-refractivity contribution in [2.45, 2.75) is 20.3 Å². The van der Waals surface area contributed by atoms with Crippen LogP contribution in [0.3, 0.4) is 0 Å². The molecule has 0 unspecified atom stereocenters. The Labute approximate surface area is 153 Å². The number of carbonyl (C=O) groups excluding carboxylic acids is 1. The zero-order valence-electron chi connectivity index (χ0n) is 14.4. The molecule has 0 aliphatic carbocycles. The number of rotatable bonds is 6. The first-order valence-electron chi connectivity index (χ1n) is 7.84. The standard InChI is InChI=1S/C18H21ClN2O3S/c1-4-14-8-5-6-10-16(14)20-18(22)12-21(25(3,23)24)17-11-7-9-15(19)13(17)2/h5-11H,4,12H2,1-3H3,(H,20,22). The molecule has 25 heavy (non-hydrogen) atoms. The van der Waals surface area contributed by atoms with E-state index in [4.69, 9.17) is 11.6 Å². The quantitative estimate of drug-likeness (QED) is 0.832. The molecular formula is C18H21ClN2O3S. The Balaban J connectivity index is 2.29. The Kier molecular flexibility index (Phi) is 6.08. The van der Waals surface area contributed by atoms with Crippen LogP contribution in [0.4, 0.5) is 11.4 Å². The second kappa shape index (κ2) is 7.89. The average molecular weight is 381 g/mol. The van der Waals surface area contributed by atoms with E-state index in [1.54, 1.807) is 31.2 Å². The molecule has 5 nitrogen and oxygen atoms in total. The second-order valence-corrected chi connectivity index (χ2v) is 8.03. The highest BCUT2D eigenvalue weighted by Gasteiger charge is 2.23. The number of amides is 1. The minimum atomic E-state index is -3.65. The molecule has 0 aliphatic rings. The number of aryl methyl sites for hydroxylation is 1. The summed E-state index contributed by atoms with van der Waals surface area (Å²) in [4.78, 5) is 12.5. The van der Waals surface area contributed by atoms with Crippen molar-refractivity contribution in [3.05, 3.63) is 58.6 Å². The summed E-state index contributed by atoms with van der Waals surface area (Å²) < 4.78 is 25.5. The van der Waals surface area contributed by atoms with Gasteiger partial charge in [0.15, 0.2) is 0 Å². The van der Waals surface area contributed by atoms with Crippen molar-refractivity contribution in [1.82, 2.24) is 0 Å². The smallest absolute Gasteiger partial charge is 0.245 e. The number of halogens is 1. The predicted molar refractivity (Wildman–Crippen MR) is 103 cm³/mol. The molecular weight excluding hydrogens is 360 g/mol. The summed E-state index contributed by atoms with van der Waals surface area (Å²) in [7, 11) is -3.65. The molecule has 1 N–H and O–H groups in total. The van der Waals surface area contributed by atoms with Gasteiger partial charge in [-0.1, -0.05) is 42.8 Å². The average Bonchev–Trinajstić information content (AvgIpc) is 2.55. The zero-order chi connectivity index (χ0) is 18.6. The summed E-state index contributed by atoms with van der Waals surface area (Å²) in [5.41, 5.74) is 2.68. The van der Waals surface area contributed by atoms with Gasteiger partial charge in [0.05, 0.1) is 11.9 Å². The third kappa shape index (κ3) is 4.74.